The lowest BCUT2D eigenvalue weighted by atomic mass is 9.92. The van der Waals surface area contributed by atoms with Gasteiger partial charge >= 0.3 is 0 Å². The molecule has 0 aliphatic carbocycles. The van der Waals surface area contributed by atoms with Crippen molar-refractivity contribution in [1.82, 2.24) is 10.3 Å². The maximum atomic E-state index is 6.02. The summed E-state index contributed by atoms with van der Waals surface area (Å²) in [6, 6.07) is 15.1. The van der Waals surface area contributed by atoms with Crippen LogP contribution in [-0.2, 0) is 6.42 Å². The molecule has 2 heterocycles. The molecule has 0 radical (unpaired) electrons. The first kappa shape index (κ1) is 17.2. The highest BCUT2D eigenvalue weighted by atomic mass is 16.5. The lowest BCUT2D eigenvalue weighted by Crippen LogP contribution is -2.20. The standard InChI is InChI=1S/C23H28N2O/c1-16-12-17(2)14-19(13-16)26-11-5-6-18-15-24-10-9-22-23(18)20-7-3-4-8-21(20)25-22/h3-4,7-8,12-14,18,24-25H,5-6,9-11,15H2,1-2H3. The van der Waals surface area contributed by atoms with Gasteiger partial charge in [0.05, 0.1) is 6.61 Å². The number of aromatic amines is 1. The zero-order chi connectivity index (χ0) is 17.9. The van der Waals surface area contributed by atoms with Crippen molar-refractivity contribution in [3.63, 3.8) is 0 Å². The molecule has 0 fully saturated rings. The van der Waals surface area contributed by atoms with E-state index in [1.165, 1.54) is 33.3 Å². The molecule has 4 rings (SSSR count). The zero-order valence-electron chi connectivity index (χ0n) is 15.8. The molecule has 1 aromatic heterocycles. The van der Waals surface area contributed by atoms with Gasteiger partial charge in [-0.2, -0.15) is 0 Å². The van der Waals surface area contributed by atoms with Gasteiger partial charge in [0.1, 0.15) is 5.75 Å². The second-order valence-electron chi connectivity index (χ2n) is 7.53. The fourth-order valence-corrected chi connectivity index (χ4v) is 4.26. The number of hydrogen-bond donors (Lipinski definition) is 2. The van der Waals surface area contributed by atoms with Gasteiger partial charge in [-0.3, -0.25) is 0 Å². The average molecular weight is 348 g/mol. The van der Waals surface area contributed by atoms with E-state index in [1.807, 2.05) is 0 Å². The summed E-state index contributed by atoms with van der Waals surface area (Å²) >= 11 is 0. The zero-order valence-corrected chi connectivity index (χ0v) is 15.8. The lowest BCUT2D eigenvalue weighted by molar-refractivity contribution is 0.300. The quantitative estimate of drug-likeness (QED) is 0.645. The van der Waals surface area contributed by atoms with E-state index in [4.69, 9.17) is 4.74 Å². The molecule has 26 heavy (non-hydrogen) atoms. The van der Waals surface area contributed by atoms with E-state index in [1.54, 1.807) is 0 Å². The Balaban J connectivity index is 1.44. The van der Waals surface area contributed by atoms with Gasteiger partial charge in [0.15, 0.2) is 0 Å². The predicted octanol–water partition coefficient (Wildman–Crippen LogP) is 4.87. The summed E-state index contributed by atoms with van der Waals surface area (Å²) in [5.41, 5.74) is 6.73. The highest BCUT2D eigenvalue weighted by molar-refractivity contribution is 5.85. The van der Waals surface area contributed by atoms with E-state index in [2.05, 4.69) is 66.6 Å². The Bertz CT molecular complexity index is 876. The third-order valence-electron chi connectivity index (χ3n) is 5.34. The van der Waals surface area contributed by atoms with Crippen molar-refractivity contribution in [2.45, 2.75) is 39.0 Å². The van der Waals surface area contributed by atoms with E-state index in [-0.39, 0.29) is 0 Å². The van der Waals surface area contributed by atoms with Crippen LogP contribution in [0.2, 0.25) is 0 Å². The topological polar surface area (TPSA) is 37.0 Å². The summed E-state index contributed by atoms with van der Waals surface area (Å²) in [6.45, 7) is 7.12. The van der Waals surface area contributed by atoms with Crippen molar-refractivity contribution in [1.29, 1.82) is 0 Å². The number of hydrogen-bond acceptors (Lipinski definition) is 2. The first-order chi connectivity index (χ1) is 12.7. The molecule has 0 amide bonds. The molecule has 1 unspecified atom stereocenters. The van der Waals surface area contributed by atoms with E-state index < -0.39 is 0 Å². The van der Waals surface area contributed by atoms with E-state index in [0.29, 0.717) is 5.92 Å². The van der Waals surface area contributed by atoms with E-state index in [0.717, 1.165) is 44.7 Å². The van der Waals surface area contributed by atoms with Crippen LogP contribution in [0.5, 0.6) is 5.75 Å². The number of para-hydroxylation sites is 1. The van der Waals surface area contributed by atoms with Gasteiger partial charge in [-0.15, -0.1) is 0 Å². The van der Waals surface area contributed by atoms with Crippen molar-refractivity contribution in [3.8, 4) is 5.75 Å². The van der Waals surface area contributed by atoms with Crippen LogP contribution in [0.1, 0.15) is 41.1 Å². The Hall–Kier alpha value is -2.26. The molecule has 1 atom stereocenters. The summed E-state index contributed by atoms with van der Waals surface area (Å²) in [5.74, 6) is 1.54. The van der Waals surface area contributed by atoms with Crippen LogP contribution in [0.4, 0.5) is 0 Å². The van der Waals surface area contributed by atoms with Crippen molar-refractivity contribution >= 4 is 10.9 Å². The molecule has 0 bridgehead atoms. The summed E-state index contributed by atoms with van der Waals surface area (Å²) in [4.78, 5) is 3.64. The number of benzene rings is 2. The normalized spacial score (nSPS) is 17.1. The molecule has 136 valence electrons. The molecular formula is C23H28N2O. The fourth-order valence-electron chi connectivity index (χ4n) is 4.26. The van der Waals surface area contributed by atoms with Crippen LogP contribution < -0.4 is 10.1 Å². The minimum absolute atomic E-state index is 0.548. The minimum Gasteiger partial charge on any atom is -0.494 e. The van der Waals surface area contributed by atoms with Crippen molar-refractivity contribution < 1.29 is 4.74 Å². The maximum absolute atomic E-state index is 6.02. The van der Waals surface area contributed by atoms with Crippen molar-refractivity contribution in [3.05, 3.63) is 64.8 Å². The summed E-state index contributed by atoms with van der Waals surface area (Å²) < 4.78 is 6.02. The van der Waals surface area contributed by atoms with Crippen LogP contribution in [0.25, 0.3) is 10.9 Å². The number of fused-ring (bicyclic) bond motifs is 3. The Labute approximate surface area is 155 Å². The monoisotopic (exact) mass is 348 g/mol. The van der Waals surface area contributed by atoms with Crippen LogP contribution in [0.15, 0.2) is 42.5 Å². The van der Waals surface area contributed by atoms with E-state index in [9.17, 15) is 0 Å². The number of rotatable bonds is 5. The third kappa shape index (κ3) is 3.63. The SMILES string of the molecule is Cc1cc(C)cc(OCCCC2CNCCc3[nH]c4ccccc4c32)c1. The van der Waals surface area contributed by atoms with Gasteiger partial charge < -0.3 is 15.0 Å². The molecule has 2 aromatic carbocycles. The Morgan fingerprint density at radius 1 is 1.08 bits per heavy atom. The number of nitrogens with one attached hydrogen (secondary N) is 2. The molecule has 0 spiro atoms. The summed E-state index contributed by atoms with van der Waals surface area (Å²) in [6.07, 6.45) is 3.30. The van der Waals surface area contributed by atoms with Gasteiger partial charge in [-0.1, -0.05) is 24.3 Å². The largest absolute Gasteiger partial charge is 0.494 e. The van der Waals surface area contributed by atoms with Crippen molar-refractivity contribution in [2.75, 3.05) is 19.7 Å². The average Bonchev–Trinajstić information content (AvgIpc) is 2.86. The number of aromatic nitrogens is 1. The number of H-pyrrole nitrogens is 1. The third-order valence-corrected chi connectivity index (χ3v) is 5.34. The first-order valence-electron chi connectivity index (χ1n) is 9.72. The van der Waals surface area contributed by atoms with Gasteiger partial charge in [0.25, 0.3) is 0 Å². The highest BCUT2D eigenvalue weighted by Gasteiger charge is 2.22. The van der Waals surface area contributed by atoms with Gasteiger partial charge in [-0.25, -0.2) is 0 Å². The Kier molecular flexibility index (Phi) is 4.98. The molecule has 1 aliphatic heterocycles. The van der Waals surface area contributed by atoms with Crippen LogP contribution in [0, 0.1) is 13.8 Å². The Morgan fingerprint density at radius 2 is 1.88 bits per heavy atom. The first-order valence-corrected chi connectivity index (χ1v) is 9.72. The molecule has 2 N–H and O–H groups in total. The molecule has 0 saturated carbocycles. The molecule has 1 aliphatic rings. The van der Waals surface area contributed by atoms with Gasteiger partial charge in [-0.05, 0) is 67.5 Å². The summed E-state index contributed by atoms with van der Waals surface area (Å²) in [5, 5.41) is 5.00. The molecular weight excluding hydrogens is 320 g/mol. The molecule has 3 aromatic rings. The molecule has 3 nitrogen and oxygen atoms in total. The number of ether oxygens (including phenoxy) is 1. The lowest BCUT2D eigenvalue weighted by Gasteiger charge is -2.16. The smallest absolute Gasteiger partial charge is 0.119 e. The molecule has 3 heteroatoms. The van der Waals surface area contributed by atoms with Crippen LogP contribution in [0.3, 0.4) is 0 Å². The van der Waals surface area contributed by atoms with Gasteiger partial charge in [0.2, 0.25) is 0 Å². The van der Waals surface area contributed by atoms with Crippen LogP contribution in [-0.4, -0.2) is 24.7 Å². The minimum atomic E-state index is 0.548. The highest BCUT2D eigenvalue weighted by Crippen LogP contribution is 2.33. The second-order valence-corrected chi connectivity index (χ2v) is 7.53. The van der Waals surface area contributed by atoms with E-state index >= 15 is 0 Å². The number of aryl methyl sites for hydroxylation is 2. The predicted molar refractivity (Wildman–Crippen MR) is 108 cm³/mol. The molecule has 0 saturated heterocycles. The van der Waals surface area contributed by atoms with Crippen molar-refractivity contribution in [2.24, 2.45) is 0 Å². The fraction of sp³-hybridized carbons (Fsp3) is 0.391. The second kappa shape index (κ2) is 7.55. The van der Waals surface area contributed by atoms with Crippen LogP contribution >= 0.6 is 0 Å². The maximum Gasteiger partial charge on any atom is 0.119 e. The van der Waals surface area contributed by atoms with Gasteiger partial charge in [0, 0.05) is 36.1 Å². The Morgan fingerprint density at radius 3 is 2.73 bits per heavy atom. The summed E-state index contributed by atoms with van der Waals surface area (Å²) in [7, 11) is 0.